The lowest BCUT2D eigenvalue weighted by Gasteiger charge is -2.47. The van der Waals surface area contributed by atoms with Gasteiger partial charge in [-0.15, -0.1) is 0 Å². The molecule has 2 aliphatic rings. The second-order valence-electron chi connectivity index (χ2n) is 6.05. The van der Waals surface area contributed by atoms with Crippen molar-refractivity contribution in [2.24, 2.45) is 0 Å². The molecule has 0 saturated carbocycles. The molecule has 1 aromatic carbocycles. The summed E-state index contributed by atoms with van der Waals surface area (Å²) < 4.78 is 0. The Morgan fingerprint density at radius 3 is 2.53 bits per heavy atom. The van der Waals surface area contributed by atoms with Gasteiger partial charge in [-0.2, -0.15) is 0 Å². The van der Waals surface area contributed by atoms with Gasteiger partial charge in [-0.25, -0.2) is 0 Å². The van der Waals surface area contributed by atoms with Crippen molar-refractivity contribution in [3.8, 4) is 0 Å². The van der Waals surface area contributed by atoms with Crippen LogP contribution in [0.3, 0.4) is 0 Å². The zero-order valence-corrected chi connectivity index (χ0v) is 12.2. The molecular weight excluding hydrogens is 234 g/mol. The zero-order chi connectivity index (χ0) is 13.2. The molecule has 0 amide bonds. The average molecular weight is 259 g/mol. The van der Waals surface area contributed by atoms with Gasteiger partial charge in [0, 0.05) is 51.9 Å². The van der Waals surface area contributed by atoms with E-state index in [1.54, 1.807) is 0 Å². The minimum Gasteiger partial charge on any atom is -0.314 e. The molecule has 1 aromatic rings. The molecule has 19 heavy (non-hydrogen) atoms. The van der Waals surface area contributed by atoms with Crippen molar-refractivity contribution in [3.63, 3.8) is 0 Å². The summed E-state index contributed by atoms with van der Waals surface area (Å²) in [5.41, 5.74) is 4.27. The van der Waals surface area contributed by atoms with Gasteiger partial charge in [0.2, 0.25) is 0 Å². The maximum Gasteiger partial charge on any atom is 0.0351 e. The zero-order valence-electron chi connectivity index (χ0n) is 12.2. The second-order valence-corrected chi connectivity index (χ2v) is 6.05. The molecule has 2 aliphatic heterocycles. The van der Waals surface area contributed by atoms with Gasteiger partial charge in [0.05, 0.1) is 0 Å². The minimum atomic E-state index is 0.800. The van der Waals surface area contributed by atoms with Crippen LogP contribution in [0, 0.1) is 13.8 Å². The van der Waals surface area contributed by atoms with Crippen LogP contribution in [0.15, 0.2) is 18.2 Å². The number of rotatable bonds is 3. The Hall–Kier alpha value is -0.900. The van der Waals surface area contributed by atoms with E-state index in [9.17, 15) is 0 Å². The standard InChI is InChI=1S/C16H25N3/c1-13-3-4-15(9-14(13)2)10-18-11-16(12-18)19-7-5-17-6-8-19/h3-4,9,16-17H,5-8,10-12H2,1-2H3. The molecule has 3 nitrogen and oxygen atoms in total. The van der Waals surface area contributed by atoms with Crippen LogP contribution in [0.25, 0.3) is 0 Å². The van der Waals surface area contributed by atoms with Crippen LogP contribution in [0.1, 0.15) is 16.7 Å². The van der Waals surface area contributed by atoms with Crippen molar-refractivity contribution in [2.45, 2.75) is 26.4 Å². The predicted octanol–water partition coefficient (Wildman–Crippen LogP) is 1.39. The van der Waals surface area contributed by atoms with E-state index in [1.807, 2.05) is 0 Å². The number of aryl methyl sites for hydroxylation is 2. The summed E-state index contributed by atoms with van der Waals surface area (Å²) >= 11 is 0. The molecule has 2 heterocycles. The Bertz CT molecular complexity index is 432. The lowest BCUT2D eigenvalue weighted by molar-refractivity contribution is 0.0223. The topological polar surface area (TPSA) is 18.5 Å². The largest absolute Gasteiger partial charge is 0.314 e. The smallest absolute Gasteiger partial charge is 0.0351 e. The Kier molecular flexibility index (Phi) is 3.87. The van der Waals surface area contributed by atoms with Crippen LogP contribution < -0.4 is 5.32 Å². The summed E-state index contributed by atoms with van der Waals surface area (Å²) in [5, 5.41) is 3.43. The van der Waals surface area contributed by atoms with E-state index >= 15 is 0 Å². The SMILES string of the molecule is Cc1ccc(CN2CC(N3CCNCC3)C2)cc1C. The van der Waals surface area contributed by atoms with Gasteiger partial charge in [-0.1, -0.05) is 18.2 Å². The van der Waals surface area contributed by atoms with E-state index in [0.29, 0.717) is 0 Å². The predicted molar refractivity (Wildman–Crippen MR) is 79.4 cm³/mol. The highest BCUT2D eigenvalue weighted by Gasteiger charge is 2.31. The summed E-state index contributed by atoms with van der Waals surface area (Å²) in [5.74, 6) is 0. The fraction of sp³-hybridized carbons (Fsp3) is 0.625. The number of likely N-dealkylation sites (tertiary alicyclic amines) is 1. The van der Waals surface area contributed by atoms with Crippen LogP contribution in [0.4, 0.5) is 0 Å². The van der Waals surface area contributed by atoms with Crippen LogP contribution >= 0.6 is 0 Å². The number of hydrogen-bond donors (Lipinski definition) is 1. The fourth-order valence-corrected chi connectivity index (χ4v) is 3.11. The summed E-state index contributed by atoms with van der Waals surface area (Å²) in [4.78, 5) is 5.21. The summed E-state index contributed by atoms with van der Waals surface area (Å²) in [6, 6.07) is 7.67. The molecule has 0 spiro atoms. The first-order valence-electron chi connectivity index (χ1n) is 7.45. The molecule has 3 rings (SSSR count). The second kappa shape index (κ2) is 5.61. The average Bonchev–Trinajstić information content (AvgIpc) is 2.38. The summed E-state index contributed by atoms with van der Waals surface area (Å²) in [6.07, 6.45) is 0. The molecule has 2 saturated heterocycles. The molecule has 0 bridgehead atoms. The van der Waals surface area contributed by atoms with E-state index in [-0.39, 0.29) is 0 Å². The van der Waals surface area contributed by atoms with Gasteiger partial charge >= 0.3 is 0 Å². The number of hydrogen-bond acceptors (Lipinski definition) is 3. The maximum absolute atomic E-state index is 3.43. The molecule has 1 N–H and O–H groups in total. The molecule has 0 unspecified atom stereocenters. The van der Waals surface area contributed by atoms with Gasteiger partial charge in [-0.05, 0) is 30.5 Å². The van der Waals surface area contributed by atoms with Crippen LogP contribution in [0.2, 0.25) is 0 Å². The minimum absolute atomic E-state index is 0.800. The number of nitrogens with zero attached hydrogens (tertiary/aromatic N) is 2. The van der Waals surface area contributed by atoms with E-state index in [2.05, 4.69) is 47.2 Å². The molecule has 0 radical (unpaired) electrons. The molecule has 2 fully saturated rings. The molecular formula is C16H25N3. The number of benzene rings is 1. The molecule has 0 atom stereocenters. The van der Waals surface area contributed by atoms with E-state index in [1.165, 1.54) is 42.9 Å². The third-order valence-corrected chi connectivity index (χ3v) is 4.58. The Labute approximate surface area is 116 Å². The number of piperazine rings is 1. The highest BCUT2D eigenvalue weighted by atomic mass is 15.3. The van der Waals surface area contributed by atoms with Crippen molar-refractivity contribution in [2.75, 3.05) is 39.3 Å². The van der Waals surface area contributed by atoms with E-state index in [0.717, 1.165) is 25.7 Å². The maximum atomic E-state index is 3.43. The van der Waals surface area contributed by atoms with Crippen LogP contribution in [-0.2, 0) is 6.54 Å². The van der Waals surface area contributed by atoms with Gasteiger partial charge in [-0.3, -0.25) is 9.80 Å². The molecule has 0 aromatic heterocycles. The van der Waals surface area contributed by atoms with E-state index < -0.39 is 0 Å². The first-order chi connectivity index (χ1) is 9.22. The van der Waals surface area contributed by atoms with Gasteiger partial charge < -0.3 is 5.32 Å². The third kappa shape index (κ3) is 2.99. The highest BCUT2D eigenvalue weighted by Crippen LogP contribution is 2.19. The van der Waals surface area contributed by atoms with Gasteiger partial charge in [0.25, 0.3) is 0 Å². The first-order valence-corrected chi connectivity index (χ1v) is 7.45. The monoisotopic (exact) mass is 259 g/mol. The summed E-state index contributed by atoms with van der Waals surface area (Å²) in [6.45, 7) is 12.8. The lowest BCUT2D eigenvalue weighted by atomic mass is 10.0. The molecule has 0 aliphatic carbocycles. The van der Waals surface area contributed by atoms with Crippen LogP contribution in [0.5, 0.6) is 0 Å². The van der Waals surface area contributed by atoms with Crippen molar-refractivity contribution < 1.29 is 0 Å². The molecule has 3 heteroatoms. The van der Waals surface area contributed by atoms with Crippen LogP contribution in [-0.4, -0.2) is 55.1 Å². The highest BCUT2D eigenvalue weighted by molar-refractivity contribution is 5.30. The normalized spacial score (nSPS) is 22.4. The fourth-order valence-electron chi connectivity index (χ4n) is 3.11. The quantitative estimate of drug-likeness (QED) is 0.885. The van der Waals surface area contributed by atoms with Crippen molar-refractivity contribution in [1.29, 1.82) is 0 Å². The Balaban J connectivity index is 1.49. The summed E-state index contributed by atoms with van der Waals surface area (Å²) in [7, 11) is 0. The van der Waals surface area contributed by atoms with Gasteiger partial charge in [0.15, 0.2) is 0 Å². The third-order valence-electron chi connectivity index (χ3n) is 4.58. The Morgan fingerprint density at radius 2 is 1.84 bits per heavy atom. The van der Waals surface area contributed by atoms with Gasteiger partial charge in [0.1, 0.15) is 0 Å². The van der Waals surface area contributed by atoms with Crippen molar-refractivity contribution in [3.05, 3.63) is 34.9 Å². The van der Waals surface area contributed by atoms with Crippen molar-refractivity contribution in [1.82, 2.24) is 15.1 Å². The molecule has 104 valence electrons. The Morgan fingerprint density at radius 1 is 1.11 bits per heavy atom. The van der Waals surface area contributed by atoms with E-state index in [4.69, 9.17) is 0 Å². The lowest BCUT2D eigenvalue weighted by Crippen LogP contribution is -2.62. The first kappa shape index (κ1) is 13.1. The number of nitrogens with one attached hydrogen (secondary N) is 1. The van der Waals surface area contributed by atoms with Crippen molar-refractivity contribution >= 4 is 0 Å².